The molecule has 0 saturated heterocycles. The molecule has 0 aromatic heterocycles. The van der Waals surface area contributed by atoms with Crippen LogP contribution in [0.3, 0.4) is 0 Å². The normalized spacial score (nSPS) is 30.0. The highest BCUT2D eigenvalue weighted by molar-refractivity contribution is 5.56. The van der Waals surface area contributed by atoms with Crippen LogP contribution in [0.15, 0.2) is 12.2 Å². The van der Waals surface area contributed by atoms with Crippen molar-refractivity contribution in [2.45, 2.75) is 32.0 Å². The molecule has 1 aliphatic carbocycles. The van der Waals surface area contributed by atoms with Gasteiger partial charge in [-0.05, 0) is 19.1 Å². The summed E-state index contributed by atoms with van der Waals surface area (Å²) in [6, 6.07) is -0.0487. The van der Waals surface area contributed by atoms with Crippen molar-refractivity contribution in [1.82, 2.24) is 5.32 Å². The molecular weight excluding hydrogens is 167 g/mol. The summed E-state index contributed by atoms with van der Waals surface area (Å²) in [6.07, 6.45) is 5.83. The van der Waals surface area contributed by atoms with E-state index in [0.717, 1.165) is 6.42 Å². The number of rotatable bonds is 4. The second-order valence-corrected chi connectivity index (χ2v) is 3.62. The first-order valence-electron chi connectivity index (χ1n) is 4.77. The second-order valence-electron chi connectivity index (χ2n) is 3.62. The molecule has 0 amide bonds. The van der Waals surface area contributed by atoms with Crippen molar-refractivity contribution in [1.29, 1.82) is 5.41 Å². The number of nitrogens with one attached hydrogen (secondary N) is 2. The predicted octanol–water partition coefficient (Wildman–Crippen LogP) is 1.92. The lowest BCUT2D eigenvalue weighted by atomic mass is 9.99. The lowest BCUT2D eigenvalue weighted by molar-refractivity contribution is 0.241. The van der Waals surface area contributed by atoms with Crippen LogP contribution in [0.4, 0.5) is 4.39 Å². The standard InChI is InChI=1S/C10H17FN2/c1-8(6-12)7-13-10-5-3-2-4-9(10)11/h2-3,6,8-10,12-13H,4-5,7H2,1H3. The van der Waals surface area contributed by atoms with Gasteiger partial charge in [0.05, 0.1) is 0 Å². The van der Waals surface area contributed by atoms with E-state index >= 15 is 0 Å². The molecule has 1 rings (SSSR count). The van der Waals surface area contributed by atoms with Gasteiger partial charge in [-0.3, -0.25) is 0 Å². The minimum Gasteiger partial charge on any atom is -0.313 e. The van der Waals surface area contributed by atoms with Gasteiger partial charge in [-0.25, -0.2) is 4.39 Å². The van der Waals surface area contributed by atoms with Crippen molar-refractivity contribution in [3.05, 3.63) is 12.2 Å². The van der Waals surface area contributed by atoms with Crippen LogP contribution in [0.25, 0.3) is 0 Å². The van der Waals surface area contributed by atoms with Crippen LogP contribution in [-0.2, 0) is 0 Å². The first-order valence-corrected chi connectivity index (χ1v) is 4.77. The summed E-state index contributed by atoms with van der Waals surface area (Å²) in [7, 11) is 0. The Bertz CT molecular complexity index is 191. The molecule has 0 fully saturated rings. The van der Waals surface area contributed by atoms with E-state index in [2.05, 4.69) is 5.32 Å². The molecule has 0 saturated carbocycles. The largest absolute Gasteiger partial charge is 0.313 e. The van der Waals surface area contributed by atoms with Crippen molar-refractivity contribution in [3.63, 3.8) is 0 Å². The zero-order chi connectivity index (χ0) is 9.68. The van der Waals surface area contributed by atoms with Gasteiger partial charge in [0.15, 0.2) is 0 Å². The predicted molar refractivity (Wildman–Crippen MR) is 53.0 cm³/mol. The summed E-state index contributed by atoms with van der Waals surface area (Å²) < 4.78 is 13.2. The highest BCUT2D eigenvalue weighted by Crippen LogP contribution is 2.15. The summed E-state index contributed by atoms with van der Waals surface area (Å²) in [4.78, 5) is 0. The fourth-order valence-corrected chi connectivity index (χ4v) is 1.39. The Morgan fingerprint density at radius 3 is 2.92 bits per heavy atom. The van der Waals surface area contributed by atoms with Gasteiger partial charge < -0.3 is 10.7 Å². The molecule has 2 N–H and O–H groups in total. The van der Waals surface area contributed by atoms with Crippen LogP contribution in [0.2, 0.25) is 0 Å². The van der Waals surface area contributed by atoms with Gasteiger partial charge in [0.2, 0.25) is 0 Å². The molecule has 1 aliphatic rings. The molecule has 0 radical (unpaired) electrons. The summed E-state index contributed by atoms with van der Waals surface area (Å²) >= 11 is 0. The maximum absolute atomic E-state index is 13.2. The minimum atomic E-state index is -0.761. The monoisotopic (exact) mass is 184 g/mol. The van der Waals surface area contributed by atoms with Crippen LogP contribution in [0.1, 0.15) is 19.8 Å². The van der Waals surface area contributed by atoms with E-state index in [0.29, 0.717) is 13.0 Å². The number of allylic oxidation sites excluding steroid dienone is 1. The second kappa shape index (κ2) is 5.12. The minimum absolute atomic E-state index is 0.0487. The van der Waals surface area contributed by atoms with Gasteiger partial charge in [0.1, 0.15) is 6.17 Å². The van der Waals surface area contributed by atoms with Crippen LogP contribution in [-0.4, -0.2) is 25.0 Å². The zero-order valence-corrected chi connectivity index (χ0v) is 7.96. The van der Waals surface area contributed by atoms with E-state index in [1.54, 1.807) is 0 Å². The Hall–Kier alpha value is -0.700. The molecule has 0 aromatic rings. The molecule has 0 heterocycles. The SMILES string of the molecule is CC(C=N)CNC1CC=CCC1F. The zero-order valence-electron chi connectivity index (χ0n) is 7.96. The molecule has 13 heavy (non-hydrogen) atoms. The highest BCUT2D eigenvalue weighted by Gasteiger charge is 2.21. The average molecular weight is 184 g/mol. The summed E-state index contributed by atoms with van der Waals surface area (Å²) in [5.74, 6) is 0.193. The van der Waals surface area contributed by atoms with E-state index in [1.807, 2.05) is 19.1 Å². The summed E-state index contributed by atoms with van der Waals surface area (Å²) in [6.45, 7) is 2.65. The molecule has 3 unspecified atom stereocenters. The molecule has 0 bridgehead atoms. The van der Waals surface area contributed by atoms with Gasteiger partial charge in [-0.1, -0.05) is 19.1 Å². The Morgan fingerprint density at radius 1 is 1.62 bits per heavy atom. The van der Waals surface area contributed by atoms with Gasteiger partial charge in [0.25, 0.3) is 0 Å². The lowest BCUT2D eigenvalue weighted by Gasteiger charge is -2.24. The number of halogens is 1. The third-order valence-corrected chi connectivity index (χ3v) is 2.34. The summed E-state index contributed by atoms with van der Waals surface area (Å²) in [5.41, 5.74) is 0. The van der Waals surface area contributed by atoms with E-state index in [4.69, 9.17) is 5.41 Å². The Balaban J connectivity index is 2.27. The fourth-order valence-electron chi connectivity index (χ4n) is 1.39. The van der Waals surface area contributed by atoms with Gasteiger partial charge in [0, 0.05) is 18.5 Å². The quantitative estimate of drug-likeness (QED) is 0.508. The maximum atomic E-state index is 13.2. The van der Waals surface area contributed by atoms with Gasteiger partial charge in [-0.2, -0.15) is 0 Å². The molecule has 0 aromatic carbocycles. The van der Waals surface area contributed by atoms with Crippen LogP contribution in [0.5, 0.6) is 0 Å². The Labute approximate surface area is 78.7 Å². The number of hydrogen-bond donors (Lipinski definition) is 2. The third-order valence-electron chi connectivity index (χ3n) is 2.34. The average Bonchev–Trinajstić information content (AvgIpc) is 2.16. The van der Waals surface area contributed by atoms with Crippen LogP contribution in [0, 0.1) is 11.3 Å². The Kier molecular flexibility index (Phi) is 4.09. The summed E-state index contributed by atoms with van der Waals surface area (Å²) in [5, 5.41) is 10.1. The van der Waals surface area contributed by atoms with Crippen molar-refractivity contribution < 1.29 is 4.39 Å². The smallest absolute Gasteiger partial charge is 0.119 e. The van der Waals surface area contributed by atoms with Crippen molar-refractivity contribution in [2.75, 3.05) is 6.54 Å². The number of hydrogen-bond acceptors (Lipinski definition) is 2. The molecular formula is C10H17FN2. The Morgan fingerprint density at radius 2 is 2.31 bits per heavy atom. The van der Waals surface area contributed by atoms with Gasteiger partial charge in [-0.15, -0.1) is 0 Å². The molecule has 2 nitrogen and oxygen atoms in total. The van der Waals surface area contributed by atoms with E-state index in [9.17, 15) is 4.39 Å². The maximum Gasteiger partial charge on any atom is 0.119 e. The van der Waals surface area contributed by atoms with Crippen molar-refractivity contribution >= 4 is 6.21 Å². The fraction of sp³-hybridized carbons (Fsp3) is 0.700. The number of alkyl halides is 1. The molecule has 3 heteroatoms. The van der Waals surface area contributed by atoms with E-state index in [-0.39, 0.29) is 12.0 Å². The topological polar surface area (TPSA) is 35.9 Å². The third kappa shape index (κ3) is 3.27. The highest BCUT2D eigenvalue weighted by atomic mass is 19.1. The molecule has 0 spiro atoms. The van der Waals surface area contributed by atoms with Crippen molar-refractivity contribution in [2.24, 2.45) is 5.92 Å². The van der Waals surface area contributed by atoms with Crippen LogP contribution >= 0.6 is 0 Å². The van der Waals surface area contributed by atoms with Gasteiger partial charge >= 0.3 is 0 Å². The van der Waals surface area contributed by atoms with Crippen LogP contribution < -0.4 is 5.32 Å². The first kappa shape index (κ1) is 10.4. The molecule has 74 valence electrons. The molecule has 0 aliphatic heterocycles. The van der Waals surface area contributed by atoms with E-state index in [1.165, 1.54) is 6.21 Å². The first-order chi connectivity index (χ1) is 6.24. The van der Waals surface area contributed by atoms with Crippen molar-refractivity contribution in [3.8, 4) is 0 Å². The molecule has 3 atom stereocenters. The van der Waals surface area contributed by atoms with E-state index < -0.39 is 6.17 Å². The lowest BCUT2D eigenvalue weighted by Crippen LogP contribution is -2.40.